The Morgan fingerprint density at radius 3 is 2.48 bits per heavy atom. The third kappa shape index (κ3) is 3.30. The second kappa shape index (κ2) is 7.17. The summed E-state index contributed by atoms with van der Waals surface area (Å²) in [5, 5.41) is 15.2. The Morgan fingerprint density at radius 2 is 1.80 bits per heavy atom. The van der Waals surface area contributed by atoms with E-state index in [2.05, 4.69) is 10.2 Å². The maximum absolute atomic E-state index is 11.8. The van der Waals surface area contributed by atoms with Gasteiger partial charge in [-0.3, -0.25) is 15.0 Å². The molecule has 136 valence electrons. The highest BCUT2D eigenvalue weighted by atomic mass is 16.7. The number of hydrogen-bond donors (Lipinski definition) is 1. The van der Waals surface area contributed by atoms with Crippen LogP contribution >= 0.6 is 0 Å². The van der Waals surface area contributed by atoms with Gasteiger partial charge in [-0.1, -0.05) is 19.3 Å². The molecule has 4 rings (SSSR count). The average molecular weight is 347 g/mol. The highest BCUT2D eigenvalue weighted by molar-refractivity contribution is 5.56. The van der Waals surface area contributed by atoms with Crippen LogP contribution in [0.4, 0.5) is 5.69 Å². The van der Waals surface area contributed by atoms with Gasteiger partial charge in [-0.2, -0.15) is 0 Å². The maximum atomic E-state index is 11.8. The molecular weight excluding hydrogens is 322 g/mol. The number of nitrogens with one attached hydrogen (secondary N) is 1. The number of nitro groups is 1. The molecule has 0 unspecified atom stereocenters. The van der Waals surface area contributed by atoms with Crippen LogP contribution in [0, 0.1) is 16.0 Å². The van der Waals surface area contributed by atoms with Crippen LogP contribution in [0.15, 0.2) is 12.1 Å². The first kappa shape index (κ1) is 16.6. The summed E-state index contributed by atoms with van der Waals surface area (Å²) in [4.78, 5) is 13.9. The van der Waals surface area contributed by atoms with Crippen molar-refractivity contribution >= 4 is 5.69 Å². The fraction of sp³-hybridized carbons (Fsp3) is 0.667. The minimum absolute atomic E-state index is 0.0808. The van der Waals surface area contributed by atoms with Crippen molar-refractivity contribution in [1.29, 1.82) is 0 Å². The van der Waals surface area contributed by atoms with E-state index in [4.69, 9.17) is 9.47 Å². The molecule has 0 bridgehead atoms. The minimum atomic E-state index is -0.269. The van der Waals surface area contributed by atoms with Crippen molar-refractivity contribution in [2.45, 2.75) is 38.1 Å². The molecule has 0 spiro atoms. The highest BCUT2D eigenvalue weighted by Crippen LogP contribution is 2.46. The summed E-state index contributed by atoms with van der Waals surface area (Å²) >= 11 is 0. The first-order valence-corrected chi connectivity index (χ1v) is 9.27. The smallest absolute Gasteiger partial charge is 0.278 e. The van der Waals surface area contributed by atoms with Crippen LogP contribution in [0.1, 0.15) is 43.7 Å². The molecule has 1 saturated carbocycles. The van der Waals surface area contributed by atoms with Crippen molar-refractivity contribution in [3.8, 4) is 11.5 Å². The van der Waals surface area contributed by atoms with E-state index in [0.717, 1.165) is 44.6 Å². The molecule has 0 aromatic heterocycles. The summed E-state index contributed by atoms with van der Waals surface area (Å²) in [5.41, 5.74) is 0.960. The Kier molecular flexibility index (Phi) is 4.76. The molecule has 7 heteroatoms. The maximum Gasteiger partial charge on any atom is 0.278 e. The number of rotatable bonds is 4. The van der Waals surface area contributed by atoms with Crippen molar-refractivity contribution in [2.75, 3.05) is 33.0 Å². The van der Waals surface area contributed by atoms with Gasteiger partial charge in [0.2, 0.25) is 6.79 Å². The molecule has 0 amide bonds. The zero-order chi connectivity index (χ0) is 17.2. The Morgan fingerprint density at radius 1 is 1.12 bits per heavy atom. The Hall–Kier alpha value is -1.86. The van der Waals surface area contributed by atoms with Crippen LogP contribution < -0.4 is 14.8 Å². The van der Waals surface area contributed by atoms with Crippen molar-refractivity contribution in [2.24, 2.45) is 5.92 Å². The van der Waals surface area contributed by atoms with Crippen LogP contribution in [0.2, 0.25) is 0 Å². The van der Waals surface area contributed by atoms with Crippen molar-refractivity contribution in [3.63, 3.8) is 0 Å². The lowest BCUT2D eigenvalue weighted by Gasteiger charge is -2.41. The molecule has 1 aromatic carbocycles. The molecule has 0 radical (unpaired) electrons. The van der Waals surface area contributed by atoms with E-state index in [9.17, 15) is 10.1 Å². The van der Waals surface area contributed by atoms with Gasteiger partial charge in [-0.05, 0) is 24.8 Å². The van der Waals surface area contributed by atoms with Gasteiger partial charge in [0, 0.05) is 32.2 Å². The third-order valence-electron chi connectivity index (χ3n) is 5.68. The van der Waals surface area contributed by atoms with Gasteiger partial charge in [0.05, 0.1) is 16.6 Å². The SMILES string of the molecule is O=[N+]([O-])c1cc2c(cc1[C@@H](C1CCCCC1)N1CCNCC1)OCO2. The van der Waals surface area contributed by atoms with Crippen LogP contribution in [0.3, 0.4) is 0 Å². The van der Waals surface area contributed by atoms with Gasteiger partial charge < -0.3 is 14.8 Å². The fourth-order valence-corrected chi connectivity index (χ4v) is 4.50. The molecule has 2 fully saturated rings. The zero-order valence-electron chi connectivity index (χ0n) is 14.4. The molecule has 2 aliphatic heterocycles. The number of hydrogen-bond acceptors (Lipinski definition) is 6. The molecule has 3 aliphatic rings. The number of piperazine rings is 1. The van der Waals surface area contributed by atoms with Crippen molar-refractivity contribution in [1.82, 2.24) is 10.2 Å². The number of nitrogens with zero attached hydrogens (tertiary/aromatic N) is 2. The predicted octanol–water partition coefficient (Wildman–Crippen LogP) is 2.85. The number of benzene rings is 1. The average Bonchev–Trinajstić information content (AvgIpc) is 3.10. The number of ether oxygens (including phenoxy) is 2. The van der Waals surface area contributed by atoms with Crippen LogP contribution in [0.25, 0.3) is 0 Å². The summed E-state index contributed by atoms with van der Waals surface area (Å²) in [7, 11) is 0. The molecule has 1 atom stereocenters. The van der Waals surface area contributed by atoms with Gasteiger partial charge in [0.25, 0.3) is 5.69 Å². The number of fused-ring (bicyclic) bond motifs is 1. The van der Waals surface area contributed by atoms with Crippen molar-refractivity contribution < 1.29 is 14.4 Å². The van der Waals surface area contributed by atoms with E-state index in [1.807, 2.05) is 6.07 Å². The first-order chi connectivity index (χ1) is 12.2. The summed E-state index contributed by atoms with van der Waals surface area (Å²) in [6, 6.07) is 3.49. The lowest BCUT2D eigenvalue weighted by atomic mass is 9.79. The zero-order valence-corrected chi connectivity index (χ0v) is 14.4. The molecule has 1 saturated heterocycles. The van der Waals surface area contributed by atoms with E-state index < -0.39 is 0 Å². The van der Waals surface area contributed by atoms with E-state index in [0.29, 0.717) is 17.4 Å². The quantitative estimate of drug-likeness (QED) is 0.667. The first-order valence-electron chi connectivity index (χ1n) is 9.27. The molecule has 1 aliphatic carbocycles. The second-order valence-corrected chi connectivity index (χ2v) is 7.15. The minimum Gasteiger partial charge on any atom is -0.454 e. The number of nitro benzene ring substituents is 1. The molecule has 1 aromatic rings. The van der Waals surface area contributed by atoms with Gasteiger partial charge in [-0.25, -0.2) is 0 Å². The topological polar surface area (TPSA) is 76.9 Å². The summed E-state index contributed by atoms with van der Waals surface area (Å²) in [6.07, 6.45) is 5.98. The van der Waals surface area contributed by atoms with E-state index in [1.165, 1.54) is 19.3 Å². The monoisotopic (exact) mass is 347 g/mol. The Balaban J connectivity index is 1.76. The van der Waals surface area contributed by atoms with Gasteiger partial charge in [0.15, 0.2) is 11.5 Å². The fourth-order valence-electron chi connectivity index (χ4n) is 4.50. The third-order valence-corrected chi connectivity index (χ3v) is 5.68. The molecule has 7 nitrogen and oxygen atoms in total. The van der Waals surface area contributed by atoms with Crippen LogP contribution in [0.5, 0.6) is 11.5 Å². The Labute approximate surface area is 147 Å². The van der Waals surface area contributed by atoms with Crippen molar-refractivity contribution in [3.05, 3.63) is 27.8 Å². The van der Waals surface area contributed by atoms with Gasteiger partial charge in [-0.15, -0.1) is 0 Å². The standard InChI is InChI=1S/C18H25N3O4/c22-21(23)15-11-17-16(24-12-25-17)10-14(15)18(13-4-2-1-3-5-13)20-8-6-19-7-9-20/h10-11,13,18-19H,1-9,12H2/t18-/m1/s1. The summed E-state index contributed by atoms with van der Waals surface area (Å²) in [5.74, 6) is 1.58. The molecular formula is C18H25N3O4. The lowest BCUT2D eigenvalue weighted by molar-refractivity contribution is -0.386. The Bertz CT molecular complexity index is 621. The largest absolute Gasteiger partial charge is 0.454 e. The van der Waals surface area contributed by atoms with Gasteiger partial charge in [0.1, 0.15) is 0 Å². The normalized spacial score (nSPS) is 22.7. The molecule has 2 heterocycles. The van der Waals surface area contributed by atoms with E-state index in [1.54, 1.807) is 6.07 Å². The highest BCUT2D eigenvalue weighted by Gasteiger charge is 2.37. The lowest BCUT2D eigenvalue weighted by Crippen LogP contribution is -2.47. The summed E-state index contributed by atoms with van der Waals surface area (Å²) < 4.78 is 10.9. The van der Waals surface area contributed by atoms with E-state index in [-0.39, 0.29) is 23.4 Å². The van der Waals surface area contributed by atoms with Gasteiger partial charge >= 0.3 is 0 Å². The van der Waals surface area contributed by atoms with Crippen LogP contribution in [-0.2, 0) is 0 Å². The molecule has 1 N–H and O–H groups in total. The van der Waals surface area contributed by atoms with Crippen LogP contribution in [-0.4, -0.2) is 42.8 Å². The van der Waals surface area contributed by atoms with E-state index >= 15 is 0 Å². The second-order valence-electron chi connectivity index (χ2n) is 7.15. The predicted molar refractivity (Wildman–Crippen MR) is 93.0 cm³/mol. The molecule has 25 heavy (non-hydrogen) atoms. The summed E-state index contributed by atoms with van der Waals surface area (Å²) in [6.45, 7) is 3.85.